The number of nitrogens with zero attached hydrogens (tertiary/aromatic N) is 1. The summed E-state index contributed by atoms with van der Waals surface area (Å²) in [6.45, 7) is 0. The topological polar surface area (TPSA) is 81.5 Å². The number of nitro benzene ring substituents is 1. The summed E-state index contributed by atoms with van der Waals surface area (Å²) in [6.07, 6.45) is 2.68. The number of amides is 1. The lowest BCUT2D eigenvalue weighted by Crippen LogP contribution is -2.25. The van der Waals surface area contributed by atoms with Crippen LogP contribution in [-0.2, 0) is 11.2 Å². The second-order valence-corrected chi connectivity index (χ2v) is 5.77. The molecular formula is C18H18N2O4. The number of nitrogens with one attached hydrogen (secondary N) is 1. The fourth-order valence-electron chi connectivity index (χ4n) is 3.15. The van der Waals surface area contributed by atoms with Crippen LogP contribution in [0.1, 0.15) is 29.9 Å². The van der Waals surface area contributed by atoms with Crippen molar-refractivity contribution in [3.63, 3.8) is 0 Å². The number of carbonyl (C=O) groups is 1. The summed E-state index contributed by atoms with van der Waals surface area (Å²) in [6, 6.07) is 12.1. The van der Waals surface area contributed by atoms with Gasteiger partial charge in [0.25, 0.3) is 5.69 Å². The highest BCUT2D eigenvalue weighted by Gasteiger charge is 2.27. The highest BCUT2D eigenvalue weighted by Crippen LogP contribution is 2.34. The first-order chi connectivity index (χ1) is 11.6. The maximum absolute atomic E-state index is 12.7. The fraction of sp³-hybridized carbons (Fsp3) is 0.278. The van der Waals surface area contributed by atoms with E-state index >= 15 is 0 Å². The molecule has 0 saturated carbocycles. The van der Waals surface area contributed by atoms with E-state index in [4.69, 9.17) is 4.74 Å². The van der Waals surface area contributed by atoms with Crippen LogP contribution in [-0.4, -0.2) is 17.9 Å². The SMILES string of the molecule is COc1ccc([N+](=O)[O-])cc1NC(=O)C1CCCc2ccccc21. The van der Waals surface area contributed by atoms with Gasteiger partial charge in [-0.1, -0.05) is 24.3 Å². The summed E-state index contributed by atoms with van der Waals surface area (Å²) < 4.78 is 5.20. The molecule has 2 aromatic carbocycles. The van der Waals surface area contributed by atoms with Gasteiger partial charge in [-0.25, -0.2) is 0 Å². The van der Waals surface area contributed by atoms with Crippen LogP contribution in [0.5, 0.6) is 5.75 Å². The van der Waals surface area contributed by atoms with E-state index in [-0.39, 0.29) is 17.5 Å². The Bertz CT molecular complexity index is 788. The average molecular weight is 326 g/mol. The molecule has 1 aliphatic carbocycles. The van der Waals surface area contributed by atoms with Crippen LogP contribution in [0.25, 0.3) is 0 Å². The molecule has 0 spiro atoms. The number of aryl methyl sites for hydroxylation is 1. The molecule has 0 radical (unpaired) electrons. The summed E-state index contributed by atoms with van der Waals surface area (Å²) in [5.74, 6) is -0.0158. The molecule has 2 aromatic rings. The van der Waals surface area contributed by atoms with Crippen LogP contribution in [0.15, 0.2) is 42.5 Å². The number of non-ortho nitro benzene ring substituents is 1. The summed E-state index contributed by atoms with van der Waals surface area (Å²) in [5, 5.41) is 13.8. The van der Waals surface area contributed by atoms with Crippen molar-refractivity contribution in [1.29, 1.82) is 0 Å². The first kappa shape index (κ1) is 16.0. The van der Waals surface area contributed by atoms with Gasteiger partial charge in [-0.3, -0.25) is 14.9 Å². The van der Waals surface area contributed by atoms with Gasteiger partial charge in [-0.15, -0.1) is 0 Å². The Morgan fingerprint density at radius 2 is 2.08 bits per heavy atom. The normalized spacial score (nSPS) is 16.1. The molecule has 24 heavy (non-hydrogen) atoms. The molecule has 1 amide bonds. The number of carbonyl (C=O) groups excluding carboxylic acids is 1. The Balaban J connectivity index is 1.88. The molecule has 6 nitrogen and oxygen atoms in total. The summed E-state index contributed by atoms with van der Waals surface area (Å²) >= 11 is 0. The third-order valence-electron chi connectivity index (χ3n) is 4.34. The van der Waals surface area contributed by atoms with E-state index < -0.39 is 4.92 Å². The van der Waals surface area contributed by atoms with E-state index in [2.05, 4.69) is 5.32 Å². The van der Waals surface area contributed by atoms with Crippen molar-refractivity contribution in [3.8, 4) is 5.75 Å². The molecule has 0 aliphatic heterocycles. The molecule has 0 heterocycles. The molecule has 124 valence electrons. The standard InChI is InChI=1S/C18H18N2O4/c1-24-17-10-9-13(20(22)23)11-16(17)19-18(21)15-8-4-6-12-5-2-3-7-14(12)15/h2-3,5,7,9-11,15H,4,6,8H2,1H3,(H,19,21). The minimum atomic E-state index is -0.495. The van der Waals surface area contributed by atoms with Crippen molar-refractivity contribution in [3.05, 3.63) is 63.7 Å². The van der Waals surface area contributed by atoms with Gasteiger partial charge in [0.05, 0.1) is 23.6 Å². The summed E-state index contributed by atoms with van der Waals surface area (Å²) in [4.78, 5) is 23.2. The van der Waals surface area contributed by atoms with Gasteiger partial charge >= 0.3 is 0 Å². The summed E-state index contributed by atoms with van der Waals surface area (Å²) in [5.41, 5.74) is 2.45. The van der Waals surface area contributed by atoms with E-state index in [0.717, 1.165) is 24.8 Å². The first-order valence-corrected chi connectivity index (χ1v) is 7.81. The van der Waals surface area contributed by atoms with Gasteiger partial charge in [0, 0.05) is 12.1 Å². The Morgan fingerprint density at radius 3 is 2.83 bits per heavy atom. The maximum Gasteiger partial charge on any atom is 0.271 e. The molecule has 1 atom stereocenters. The smallest absolute Gasteiger partial charge is 0.271 e. The molecule has 0 aromatic heterocycles. The molecule has 0 fully saturated rings. The summed E-state index contributed by atoms with van der Waals surface area (Å²) in [7, 11) is 1.47. The molecule has 1 N–H and O–H groups in total. The van der Waals surface area contributed by atoms with Crippen LogP contribution >= 0.6 is 0 Å². The first-order valence-electron chi connectivity index (χ1n) is 7.81. The van der Waals surface area contributed by atoms with E-state index in [9.17, 15) is 14.9 Å². The van der Waals surface area contributed by atoms with Crippen LogP contribution in [0.4, 0.5) is 11.4 Å². The fourth-order valence-corrected chi connectivity index (χ4v) is 3.15. The predicted octanol–water partition coefficient (Wildman–Crippen LogP) is 3.66. The van der Waals surface area contributed by atoms with Crippen molar-refractivity contribution in [1.82, 2.24) is 0 Å². The largest absolute Gasteiger partial charge is 0.495 e. The highest BCUT2D eigenvalue weighted by atomic mass is 16.6. The second-order valence-electron chi connectivity index (χ2n) is 5.77. The molecule has 1 aliphatic rings. The second kappa shape index (κ2) is 6.70. The highest BCUT2D eigenvalue weighted by molar-refractivity contribution is 5.97. The van der Waals surface area contributed by atoms with Crippen LogP contribution < -0.4 is 10.1 Å². The number of nitro groups is 1. The molecule has 1 unspecified atom stereocenters. The number of anilines is 1. The number of hydrogen-bond donors (Lipinski definition) is 1. The predicted molar refractivity (Wildman–Crippen MR) is 90.4 cm³/mol. The number of methoxy groups -OCH3 is 1. The van der Waals surface area contributed by atoms with Crippen LogP contribution in [0.2, 0.25) is 0 Å². The van der Waals surface area contributed by atoms with Gasteiger partial charge in [-0.2, -0.15) is 0 Å². The number of benzene rings is 2. The maximum atomic E-state index is 12.7. The lowest BCUT2D eigenvalue weighted by molar-refractivity contribution is -0.384. The van der Waals surface area contributed by atoms with Gasteiger partial charge in [0.15, 0.2) is 0 Å². The van der Waals surface area contributed by atoms with Crippen molar-refractivity contribution < 1.29 is 14.5 Å². The Labute approximate surface area is 139 Å². The zero-order chi connectivity index (χ0) is 17.1. The lowest BCUT2D eigenvalue weighted by Gasteiger charge is -2.24. The molecule has 6 heteroatoms. The molecule has 0 saturated heterocycles. The molecule has 0 bridgehead atoms. The van der Waals surface area contributed by atoms with E-state index in [1.807, 2.05) is 24.3 Å². The monoisotopic (exact) mass is 326 g/mol. The third kappa shape index (κ3) is 3.08. The van der Waals surface area contributed by atoms with Gasteiger partial charge in [0.2, 0.25) is 5.91 Å². The molecule has 3 rings (SSSR count). The minimum absolute atomic E-state index is 0.0878. The Kier molecular flexibility index (Phi) is 4.46. The average Bonchev–Trinajstić information content (AvgIpc) is 2.61. The van der Waals surface area contributed by atoms with Gasteiger partial charge in [0.1, 0.15) is 5.75 Å². The van der Waals surface area contributed by atoms with Crippen molar-refractivity contribution >= 4 is 17.3 Å². The number of ether oxygens (including phenoxy) is 1. The van der Waals surface area contributed by atoms with Gasteiger partial charge in [-0.05, 0) is 36.5 Å². The zero-order valence-corrected chi connectivity index (χ0v) is 13.3. The van der Waals surface area contributed by atoms with Crippen LogP contribution in [0.3, 0.4) is 0 Å². The van der Waals surface area contributed by atoms with Crippen molar-refractivity contribution in [2.45, 2.75) is 25.2 Å². The molecular weight excluding hydrogens is 308 g/mol. The van der Waals surface area contributed by atoms with Gasteiger partial charge < -0.3 is 10.1 Å². The number of hydrogen-bond acceptors (Lipinski definition) is 4. The lowest BCUT2D eigenvalue weighted by atomic mass is 9.82. The van der Waals surface area contributed by atoms with E-state index in [1.54, 1.807) is 0 Å². The van der Waals surface area contributed by atoms with Crippen LogP contribution in [0, 0.1) is 10.1 Å². The minimum Gasteiger partial charge on any atom is -0.495 e. The van der Waals surface area contributed by atoms with E-state index in [1.165, 1.54) is 30.9 Å². The van der Waals surface area contributed by atoms with E-state index in [0.29, 0.717) is 11.4 Å². The number of fused-ring (bicyclic) bond motifs is 1. The quantitative estimate of drug-likeness (QED) is 0.686. The number of rotatable bonds is 4. The van der Waals surface area contributed by atoms with Crippen molar-refractivity contribution in [2.24, 2.45) is 0 Å². The Hall–Kier alpha value is -2.89. The Morgan fingerprint density at radius 1 is 1.29 bits per heavy atom. The van der Waals surface area contributed by atoms with Crippen molar-refractivity contribution in [2.75, 3.05) is 12.4 Å². The zero-order valence-electron chi connectivity index (χ0n) is 13.3. The third-order valence-corrected chi connectivity index (χ3v) is 4.34.